The van der Waals surface area contributed by atoms with Crippen molar-refractivity contribution < 1.29 is 24.7 Å². The fourth-order valence-electron chi connectivity index (χ4n) is 4.51. The Bertz CT molecular complexity index is 1600. The molecule has 1 unspecified atom stereocenters. The fraction of sp³-hybridized carbons (Fsp3) is 0.296. The average molecular weight is 508 g/mol. The summed E-state index contributed by atoms with van der Waals surface area (Å²) < 4.78 is 11.8. The molecule has 1 fully saturated rings. The first-order valence-electron chi connectivity index (χ1n) is 11.9. The Morgan fingerprint density at radius 3 is 2.27 bits per heavy atom. The van der Waals surface area contributed by atoms with Crippen LogP contribution in [0.3, 0.4) is 0 Å². The number of morpholine rings is 1. The van der Waals surface area contributed by atoms with Crippen LogP contribution in [-0.4, -0.2) is 40.5 Å². The van der Waals surface area contributed by atoms with Crippen molar-refractivity contribution >= 4 is 10.8 Å². The van der Waals surface area contributed by atoms with Crippen LogP contribution in [0.4, 0.5) is 0 Å². The minimum absolute atomic E-state index is 0.179. The molecule has 2 aromatic heterocycles. The first-order chi connectivity index (χ1) is 17.7. The summed E-state index contributed by atoms with van der Waals surface area (Å²) in [5.41, 5.74) is -2.61. The highest BCUT2D eigenvalue weighted by Crippen LogP contribution is 2.39. The van der Waals surface area contributed by atoms with Gasteiger partial charge in [0.15, 0.2) is 0 Å². The number of aryl methyl sites for hydroxylation is 1. The molecular formula is C27H29N3O7. The number of rotatable bonds is 3. The molecule has 1 aliphatic rings. The van der Waals surface area contributed by atoms with E-state index in [2.05, 4.69) is 5.32 Å². The van der Waals surface area contributed by atoms with Crippen molar-refractivity contribution in [2.24, 2.45) is 14.1 Å². The Morgan fingerprint density at radius 1 is 0.973 bits per heavy atom. The van der Waals surface area contributed by atoms with Crippen molar-refractivity contribution in [3.05, 3.63) is 102 Å². The van der Waals surface area contributed by atoms with Crippen molar-refractivity contribution in [1.82, 2.24) is 9.13 Å². The van der Waals surface area contributed by atoms with Crippen molar-refractivity contribution in [2.45, 2.75) is 12.8 Å². The molecular weight excluding hydrogens is 478 g/mol. The fourth-order valence-corrected chi connectivity index (χ4v) is 4.51. The molecule has 5 rings (SSSR count). The first-order valence-corrected chi connectivity index (χ1v) is 11.9. The molecule has 1 aliphatic heterocycles. The Morgan fingerprint density at radius 2 is 1.65 bits per heavy atom. The second-order valence-electron chi connectivity index (χ2n) is 8.85. The van der Waals surface area contributed by atoms with Gasteiger partial charge < -0.3 is 29.3 Å². The lowest BCUT2D eigenvalue weighted by atomic mass is 9.83. The van der Waals surface area contributed by atoms with Crippen LogP contribution in [0.1, 0.15) is 28.4 Å². The van der Waals surface area contributed by atoms with E-state index in [0.717, 1.165) is 40.8 Å². The SMILES string of the molecule is C1COCC[NH2+]1.Cc1cc(O)c(C(c2c([O-])n(C)c(=O)n(C)c2=O)c2cccc3ccccc23)c(=O)o1. The van der Waals surface area contributed by atoms with E-state index >= 15 is 0 Å². The molecule has 0 aliphatic carbocycles. The lowest BCUT2D eigenvalue weighted by molar-refractivity contribution is -0.670. The number of aromatic hydroxyl groups is 1. The number of hydrogen-bond donors (Lipinski definition) is 2. The Kier molecular flexibility index (Phi) is 7.61. The molecule has 3 N–H and O–H groups in total. The molecule has 2 aromatic carbocycles. The zero-order valence-corrected chi connectivity index (χ0v) is 20.9. The summed E-state index contributed by atoms with van der Waals surface area (Å²) >= 11 is 0. The summed E-state index contributed by atoms with van der Waals surface area (Å²) in [5.74, 6) is -2.31. The zero-order valence-electron chi connectivity index (χ0n) is 20.9. The predicted molar refractivity (Wildman–Crippen MR) is 135 cm³/mol. The van der Waals surface area contributed by atoms with Gasteiger partial charge in [-0.2, -0.15) is 0 Å². The Labute approximate surface area is 212 Å². The van der Waals surface area contributed by atoms with E-state index in [1.54, 1.807) is 24.3 Å². The maximum Gasteiger partial charge on any atom is 0.343 e. The standard InChI is InChI=1S/C23H20N2O6.C4H9NO/c1-12-11-16(26)18(22(29)31-12)17(15-10-6-8-13-7-4-5-9-14(13)15)19-20(27)24(2)23(30)25(3)21(19)28;1-3-6-4-2-5-1/h4-11,17,26-27H,1-3H3;5H,1-4H2. The normalized spacial score (nSPS) is 14.1. The number of fused-ring (bicyclic) bond motifs is 1. The third-order valence-electron chi connectivity index (χ3n) is 6.38. The van der Waals surface area contributed by atoms with Crippen LogP contribution >= 0.6 is 0 Å². The van der Waals surface area contributed by atoms with Crippen LogP contribution in [0.5, 0.6) is 11.6 Å². The maximum atomic E-state index is 13.1. The number of nitrogens with zero attached hydrogens (tertiary/aromatic N) is 2. The van der Waals surface area contributed by atoms with Crippen molar-refractivity contribution in [3.63, 3.8) is 0 Å². The smallest absolute Gasteiger partial charge is 0.343 e. The minimum atomic E-state index is -1.25. The van der Waals surface area contributed by atoms with E-state index in [0.29, 0.717) is 10.9 Å². The molecule has 37 heavy (non-hydrogen) atoms. The molecule has 1 atom stereocenters. The topological polar surface area (TPSA) is 143 Å². The minimum Gasteiger partial charge on any atom is -0.860 e. The monoisotopic (exact) mass is 507 g/mol. The number of aromatic nitrogens is 2. The summed E-state index contributed by atoms with van der Waals surface area (Å²) in [5, 5.41) is 27.6. The number of benzene rings is 2. The van der Waals surface area contributed by atoms with E-state index in [4.69, 9.17) is 9.15 Å². The molecule has 1 saturated heterocycles. The van der Waals surface area contributed by atoms with Gasteiger partial charge in [-0.15, -0.1) is 0 Å². The lowest BCUT2D eigenvalue weighted by Crippen LogP contribution is -2.87. The van der Waals surface area contributed by atoms with Gasteiger partial charge in [0.05, 0.1) is 37.8 Å². The lowest BCUT2D eigenvalue weighted by Gasteiger charge is -2.26. The maximum absolute atomic E-state index is 13.1. The Balaban J connectivity index is 0.000000469. The quantitative estimate of drug-likeness (QED) is 0.398. The molecule has 0 bridgehead atoms. The van der Waals surface area contributed by atoms with Crippen LogP contribution in [0.2, 0.25) is 0 Å². The summed E-state index contributed by atoms with van der Waals surface area (Å²) in [6, 6.07) is 13.8. The highest BCUT2D eigenvalue weighted by molar-refractivity contribution is 5.87. The van der Waals surface area contributed by atoms with Crippen LogP contribution in [0.25, 0.3) is 10.8 Å². The molecule has 3 heterocycles. The largest absolute Gasteiger partial charge is 0.860 e. The molecule has 10 nitrogen and oxygen atoms in total. The van der Waals surface area contributed by atoms with Crippen LogP contribution < -0.4 is 27.3 Å². The van der Waals surface area contributed by atoms with Crippen LogP contribution in [-0.2, 0) is 18.8 Å². The summed E-state index contributed by atoms with van der Waals surface area (Å²) in [7, 11) is 2.51. The molecule has 0 amide bonds. The van der Waals surface area contributed by atoms with E-state index in [1.807, 2.05) is 18.2 Å². The van der Waals surface area contributed by atoms with Gasteiger partial charge in [0.1, 0.15) is 11.5 Å². The highest BCUT2D eigenvalue weighted by Gasteiger charge is 2.30. The van der Waals surface area contributed by atoms with Gasteiger partial charge in [0.2, 0.25) is 0 Å². The molecule has 194 valence electrons. The van der Waals surface area contributed by atoms with E-state index in [9.17, 15) is 24.6 Å². The predicted octanol–water partition coefficient (Wildman–Crippen LogP) is 0.0382. The van der Waals surface area contributed by atoms with Gasteiger partial charge in [-0.25, -0.2) is 9.59 Å². The second kappa shape index (κ2) is 10.9. The van der Waals surface area contributed by atoms with Crippen LogP contribution in [0.15, 0.2) is 67.3 Å². The molecule has 4 aromatic rings. The number of hydrogen-bond acceptors (Lipinski definition) is 7. The summed E-state index contributed by atoms with van der Waals surface area (Å²) in [4.78, 5) is 38.2. The van der Waals surface area contributed by atoms with Crippen molar-refractivity contribution in [2.75, 3.05) is 26.3 Å². The van der Waals surface area contributed by atoms with Gasteiger partial charge in [0.25, 0.3) is 5.56 Å². The van der Waals surface area contributed by atoms with Gasteiger partial charge in [-0.1, -0.05) is 42.5 Å². The van der Waals surface area contributed by atoms with E-state index in [-0.39, 0.29) is 16.9 Å². The number of ether oxygens (including phenoxy) is 1. The Hall–Kier alpha value is -4.15. The number of quaternary nitrogens is 1. The first kappa shape index (κ1) is 25.9. The average Bonchev–Trinajstić information content (AvgIpc) is 2.90. The van der Waals surface area contributed by atoms with Crippen LogP contribution in [0, 0.1) is 6.92 Å². The third kappa shape index (κ3) is 5.07. The van der Waals surface area contributed by atoms with Gasteiger partial charge >= 0.3 is 11.3 Å². The van der Waals surface area contributed by atoms with Gasteiger partial charge in [-0.05, 0) is 29.1 Å². The molecule has 0 radical (unpaired) electrons. The number of nitrogens with two attached hydrogens (primary N) is 1. The zero-order chi connectivity index (χ0) is 26.7. The second-order valence-corrected chi connectivity index (χ2v) is 8.85. The third-order valence-corrected chi connectivity index (χ3v) is 6.38. The van der Waals surface area contributed by atoms with E-state index < -0.39 is 34.4 Å². The van der Waals surface area contributed by atoms with Gasteiger partial charge in [-0.3, -0.25) is 9.36 Å². The summed E-state index contributed by atoms with van der Waals surface area (Å²) in [6.07, 6.45) is 0. The molecule has 10 heteroatoms. The van der Waals surface area contributed by atoms with Gasteiger partial charge in [0, 0.05) is 25.7 Å². The van der Waals surface area contributed by atoms with E-state index in [1.165, 1.54) is 27.1 Å². The molecule has 0 saturated carbocycles. The van der Waals surface area contributed by atoms with Crippen molar-refractivity contribution in [1.29, 1.82) is 0 Å². The highest BCUT2D eigenvalue weighted by atomic mass is 16.5. The summed E-state index contributed by atoms with van der Waals surface area (Å²) in [6.45, 7) is 5.70. The molecule has 0 spiro atoms. The van der Waals surface area contributed by atoms with Crippen molar-refractivity contribution in [3.8, 4) is 11.6 Å².